The topological polar surface area (TPSA) is 96.6 Å². The summed E-state index contributed by atoms with van der Waals surface area (Å²) in [5.74, 6) is 3.54. The van der Waals surface area contributed by atoms with Crippen LogP contribution >= 0.6 is 0 Å². The molecule has 5 rings (SSSR count). The summed E-state index contributed by atoms with van der Waals surface area (Å²) < 4.78 is 28.7. The maximum atomic E-state index is 11.9. The van der Waals surface area contributed by atoms with Gasteiger partial charge in [0.05, 0.1) is 19.3 Å². The van der Waals surface area contributed by atoms with Crippen molar-refractivity contribution in [2.24, 2.45) is 0 Å². The number of hydrogen-bond donors (Lipinski definition) is 0. The van der Waals surface area contributed by atoms with E-state index in [-0.39, 0.29) is 0 Å². The van der Waals surface area contributed by atoms with Crippen molar-refractivity contribution in [2.45, 2.75) is 24.3 Å². The monoisotopic (exact) mass is 426 g/mol. The molecular weight excluding hydrogens is 404 g/mol. The van der Waals surface area contributed by atoms with Crippen LogP contribution in [0.15, 0.2) is 39.8 Å². The van der Waals surface area contributed by atoms with Gasteiger partial charge in [-0.1, -0.05) is 6.07 Å². The Morgan fingerprint density at radius 2 is 2.13 bits per heavy atom. The van der Waals surface area contributed by atoms with Crippen LogP contribution in [0, 0.1) is 0 Å². The van der Waals surface area contributed by atoms with Gasteiger partial charge in [-0.25, -0.2) is 15.0 Å². The molecule has 1 atom stereocenters. The predicted molar refractivity (Wildman–Crippen MR) is 111 cm³/mol. The van der Waals surface area contributed by atoms with Gasteiger partial charge in [0, 0.05) is 32.1 Å². The van der Waals surface area contributed by atoms with Crippen molar-refractivity contribution < 1.29 is 18.4 Å². The Kier molecular flexibility index (Phi) is 5.32. The zero-order valence-corrected chi connectivity index (χ0v) is 17.5. The Morgan fingerprint density at radius 1 is 1.20 bits per heavy atom. The summed E-state index contributed by atoms with van der Waals surface area (Å²) in [6, 6.07) is 7.72. The molecule has 1 aromatic carbocycles. The van der Waals surface area contributed by atoms with Crippen LogP contribution in [0.2, 0.25) is 0 Å². The summed E-state index contributed by atoms with van der Waals surface area (Å²) in [5, 5.41) is 0. The molecule has 30 heavy (non-hydrogen) atoms. The number of fused-ring (bicyclic) bond motifs is 2. The largest absolute Gasteiger partial charge is 0.611 e. The van der Waals surface area contributed by atoms with Gasteiger partial charge in [0.1, 0.15) is 35.3 Å². The van der Waals surface area contributed by atoms with Crippen molar-refractivity contribution in [3.63, 3.8) is 0 Å². The normalized spacial score (nSPS) is 17.7. The van der Waals surface area contributed by atoms with Gasteiger partial charge in [-0.05, 0) is 29.4 Å². The molecule has 0 saturated carbocycles. The Hall–Kier alpha value is -2.62. The third kappa shape index (κ3) is 3.76. The van der Waals surface area contributed by atoms with Gasteiger partial charge in [0.15, 0.2) is 4.90 Å². The fraction of sp³-hybridized carbons (Fsp3) is 0.381. The van der Waals surface area contributed by atoms with Crippen molar-refractivity contribution in [2.75, 3.05) is 37.5 Å². The Bertz CT molecular complexity index is 1060. The van der Waals surface area contributed by atoms with Gasteiger partial charge in [-0.2, -0.15) is 0 Å². The average Bonchev–Trinajstić information content (AvgIpc) is 3.37. The fourth-order valence-corrected chi connectivity index (χ4v) is 4.85. The van der Waals surface area contributed by atoms with Crippen molar-refractivity contribution in [3.05, 3.63) is 47.6 Å². The molecule has 8 nitrogen and oxygen atoms in total. The molecule has 0 radical (unpaired) electrons. The summed E-state index contributed by atoms with van der Waals surface area (Å²) >= 11 is -0.958. The molecule has 0 spiro atoms. The van der Waals surface area contributed by atoms with Gasteiger partial charge < -0.3 is 23.3 Å². The van der Waals surface area contributed by atoms with Crippen LogP contribution in [0.5, 0.6) is 5.75 Å². The van der Waals surface area contributed by atoms with Crippen LogP contribution in [-0.4, -0.2) is 52.1 Å². The van der Waals surface area contributed by atoms with Gasteiger partial charge >= 0.3 is 0 Å². The number of nitrogens with zero attached hydrogens (tertiary/aromatic N) is 4. The van der Waals surface area contributed by atoms with E-state index in [1.54, 1.807) is 13.3 Å². The molecule has 4 heterocycles. The van der Waals surface area contributed by atoms with Crippen molar-refractivity contribution in [1.29, 1.82) is 0 Å². The average molecular weight is 426 g/mol. The van der Waals surface area contributed by atoms with E-state index in [0.29, 0.717) is 37.4 Å². The zero-order chi connectivity index (χ0) is 20.5. The van der Waals surface area contributed by atoms with Crippen molar-refractivity contribution in [1.82, 2.24) is 15.0 Å². The molecule has 0 aliphatic carbocycles. The van der Waals surface area contributed by atoms with Gasteiger partial charge in [-0.15, -0.1) is 0 Å². The number of methoxy groups -OCH3 is 1. The van der Waals surface area contributed by atoms with Gasteiger partial charge in [-0.3, -0.25) is 0 Å². The van der Waals surface area contributed by atoms with E-state index in [1.807, 2.05) is 24.3 Å². The predicted octanol–water partition coefficient (Wildman–Crippen LogP) is 2.38. The van der Waals surface area contributed by atoms with Gasteiger partial charge in [0.2, 0.25) is 11.8 Å². The third-order valence-electron chi connectivity index (χ3n) is 5.23. The number of rotatable bonds is 6. The second-order valence-corrected chi connectivity index (χ2v) is 8.75. The molecule has 3 aromatic rings. The lowest BCUT2D eigenvalue weighted by atomic mass is 10.2. The smallest absolute Gasteiger partial charge is 0.226 e. The summed E-state index contributed by atoms with van der Waals surface area (Å²) in [4.78, 5) is 16.7. The second-order valence-electron chi connectivity index (χ2n) is 7.21. The van der Waals surface area contributed by atoms with E-state index in [4.69, 9.17) is 18.9 Å². The van der Waals surface area contributed by atoms with E-state index in [1.165, 1.54) is 0 Å². The number of ether oxygens (including phenoxy) is 2. The number of hydrogen-bond acceptors (Lipinski definition) is 8. The first kappa shape index (κ1) is 19.3. The van der Waals surface area contributed by atoms with E-state index >= 15 is 0 Å². The first-order chi connectivity index (χ1) is 14.7. The van der Waals surface area contributed by atoms with Crippen LogP contribution in [0.4, 0.5) is 5.95 Å². The Labute approximate surface area is 177 Å². The summed E-state index contributed by atoms with van der Waals surface area (Å²) in [6.07, 6.45) is 3.19. The molecule has 0 fully saturated rings. The summed E-state index contributed by atoms with van der Waals surface area (Å²) in [7, 11) is 1.65. The number of benzene rings is 1. The van der Waals surface area contributed by atoms with Crippen LogP contribution < -0.4 is 9.64 Å². The summed E-state index contributed by atoms with van der Waals surface area (Å²) in [6.45, 7) is 2.37. The number of anilines is 1. The highest BCUT2D eigenvalue weighted by molar-refractivity contribution is 7.91. The maximum absolute atomic E-state index is 11.9. The molecule has 0 N–H and O–H groups in total. The minimum absolute atomic E-state index is 0.491. The van der Waals surface area contributed by atoms with E-state index in [2.05, 4.69) is 14.9 Å². The first-order valence-electron chi connectivity index (χ1n) is 9.91. The highest BCUT2D eigenvalue weighted by Crippen LogP contribution is 2.30. The molecule has 2 aliphatic rings. The lowest BCUT2D eigenvalue weighted by molar-refractivity contribution is 0.146. The van der Waals surface area contributed by atoms with E-state index in [9.17, 15) is 4.55 Å². The molecule has 0 bridgehead atoms. The minimum Gasteiger partial charge on any atom is -0.611 e. The Morgan fingerprint density at radius 3 is 3.03 bits per heavy atom. The zero-order valence-electron chi connectivity index (χ0n) is 16.7. The molecule has 2 aromatic heterocycles. The van der Waals surface area contributed by atoms with Gasteiger partial charge in [0.25, 0.3) is 0 Å². The molecule has 9 heteroatoms. The molecule has 2 aliphatic heterocycles. The third-order valence-corrected chi connectivity index (χ3v) is 6.64. The molecule has 0 saturated heterocycles. The standard InChI is InChI=1S/C21H22N4O4S/c1-27-8-9-28-15-4-2-3-14(11-15)20-23-17-13-25(7-5-18(17)29-20)21-22-12-19-16(24-21)6-10-30(19)26/h2-4,11-12H,5-10,13H2,1H3. The van der Waals surface area contributed by atoms with E-state index in [0.717, 1.165) is 52.7 Å². The highest BCUT2D eigenvalue weighted by Gasteiger charge is 2.29. The summed E-state index contributed by atoms with van der Waals surface area (Å²) in [5.41, 5.74) is 2.67. The lowest BCUT2D eigenvalue weighted by Gasteiger charge is -2.25. The van der Waals surface area contributed by atoms with Crippen LogP contribution in [0.25, 0.3) is 11.5 Å². The molecule has 1 unspecified atom stereocenters. The lowest BCUT2D eigenvalue weighted by Crippen LogP contribution is -2.31. The van der Waals surface area contributed by atoms with Crippen LogP contribution in [0.1, 0.15) is 17.1 Å². The minimum atomic E-state index is -0.958. The van der Waals surface area contributed by atoms with Crippen LogP contribution in [0.3, 0.4) is 0 Å². The highest BCUT2D eigenvalue weighted by atomic mass is 32.2. The molecular formula is C21H22N4O4S. The quantitative estimate of drug-likeness (QED) is 0.438. The maximum Gasteiger partial charge on any atom is 0.226 e. The van der Waals surface area contributed by atoms with E-state index < -0.39 is 11.2 Å². The number of aromatic nitrogens is 3. The fourth-order valence-electron chi connectivity index (χ4n) is 3.67. The SMILES string of the molecule is COCCOc1cccc(-c2nc3c(o2)CCN(c2ncc4c(n2)CC[S+]4[O-])C3)c1. The van der Waals surface area contributed by atoms with Crippen molar-refractivity contribution >= 4 is 17.1 Å². The second kappa shape index (κ2) is 8.25. The molecule has 156 valence electrons. The first-order valence-corrected chi connectivity index (χ1v) is 11.2. The molecule has 0 amide bonds. The van der Waals surface area contributed by atoms with Crippen LogP contribution in [-0.2, 0) is 35.3 Å². The number of oxazole rings is 1. The number of aryl methyl sites for hydroxylation is 1. The van der Waals surface area contributed by atoms with Crippen molar-refractivity contribution in [3.8, 4) is 17.2 Å². The Balaban J connectivity index is 1.34.